The topological polar surface area (TPSA) is 53.1 Å². The first-order valence-electron chi connectivity index (χ1n) is 6.20. The van der Waals surface area contributed by atoms with E-state index in [1.807, 2.05) is 36.1 Å². The number of nitrogens with one attached hydrogen (secondary N) is 1. The Bertz CT molecular complexity index is 643. The van der Waals surface area contributed by atoms with Gasteiger partial charge in [-0.15, -0.1) is 0 Å². The fourth-order valence-electron chi connectivity index (χ4n) is 2.14. The molecule has 0 spiro atoms. The first kappa shape index (κ1) is 14.5. The van der Waals surface area contributed by atoms with Crippen LogP contribution in [0, 0.1) is 11.2 Å². The summed E-state index contributed by atoms with van der Waals surface area (Å²) in [5.74, 6) is -0.317. The molecule has 0 fully saturated rings. The fourth-order valence-corrected chi connectivity index (χ4v) is 2.71. The normalized spacial score (nSPS) is 10.3. The van der Waals surface area contributed by atoms with E-state index in [4.69, 9.17) is 11.1 Å². The Balaban J connectivity index is 2.58. The number of nitrogens with zero attached hydrogens (tertiary/aromatic N) is 1. The van der Waals surface area contributed by atoms with E-state index in [1.165, 1.54) is 12.1 Å². The van der Waals surface area contributed by atoms with Crippen molar-refractivity contribution in [2.24, 2.45) is 5.73 Å². The van der Waals surface area contributed by atoms with Crippen LogP contribution in [0.1, 0.15) is 12.5 Å². The predicted octanol–water partition coefficient (Wildman–Crippen LogP) is 4.03. The lowest BCUT2D eigenvalue weighted by molar-refractivity contribution is 0.627. The molecule has 0 bridgehead atoms. The lowest BCUT2D eigenvalue weighted by Crippen LogP contribution is -2.22. The van der Waals surface area contributed by atoms with E-state index in [1.54, 1.807) is 6.07 Å². The second-order valence-electron chi connectivity index (χ2n) is 4.27. The maximum Gasteiger partial charge on any atom is 0.126 e. The second kappa shape index (κ2) is 6.05. The largest absolute Gasteiger partial charge is 0.384 e. The van der Waals surface area contributed by atoms with Crippen LogP contribution in [0.5, 0.6) is 0 Å². The molecule has 0 aliphatic carbocycles. The molecule has 0 aliphatic rings. The van der Waals surface area contributed by atoms with Gasteiger partial charge in [0.05, 0.1) is 11.3 Å². The number of nitrogen functional groups attached to an aromatic ring is 1. The van der Waals surface area contributed by atoms with Gasteiger partial charge in [0.25, 0.3) is 0 Å². The Kier molecular flexibility index (Phi) is 4.39. The maximum atomic E-state index is 13.4. The highest BCUT2D eigenvalue weighted by Crippen LogP contribution is 2.32. The number of amidine groups is 1. The number of hydrogen-bond donors (Lipinski definition) is 2. The minimum Gasteiger partial charge on any atom is -0.384 e. The number of hydrogen-bond acceptors (Lipinski definition) is 2. The van der Waals surface area contributed by atoms with E-state index < -0.39 is 0 Å². The smallest absolute Gasteiger partial charge is 0.126 e. The predicted molar refractivity (Wildman–Crippen MR) is 84.2 cm³/mol. The Morgan fingerprint density at radius 1 is 1.30 bits per heavy atom. The molecule has 0 radical (unpaired) electrons. The molecule has 0 atom stereocenters. The quantitative estimate of drug-likeness (QED) is 0.654. The van der Waals surface area contributed by atoms with Crippen LogP contribution in [-0.2, 0) is 0 Å². The van der Waals surface area contributed by atoms with Crippen molar-refractivity contribution >= 4 is 33.1 Å². The highest BCUT2D eigenvalue weighted by Gasteiger charge is 2.16. The summed E-state index contributed by atoms with van der Waals surface area (Å²) in [5, 5.41) is 7.74. The monoisotopic (exact) mass is 335 g/mol. The zero-order chi connectivity index (χ0) is 14.7. The van der Waals surface area contributed by atoms with Gasteiger partial charge in [-0.1, -0.05) is 12.1 Å². The third-order valence-electron chi connectivity index (χ3n) is 2.99. The Morgan fingerprint density at radius 3 is 2.60 bits per heavy atom. The number of benzene rings is 2. The molecular formula is C15H15BrFN3. The molecule has 104 valence electrons. The lowest BCUT2D eigenvalue weighted by atomic mass is 10.1. The molecule has 0 saturated carbocycles. The van der Waals surface area contributed by atoms with Gasteiger partial charge in [-0.05, 0) is 53.2 Å². The summed E-state index contributed by atoms with van der Waals surface area (Å²) in [7, 11) is 0. The van der Waals surface area contributed by atoms with Crippen LogP contribution in [0.15, 0.2) is 46.9 Å². The molecule has 5 heteroatoms. The molecule has 3 N–H and O–H groups in total. The Hall–Kier alpha value is -1.88. The highest BCUT2D eigenvalue weighted by molar-refractivity contribution is 9.10. The van der Waals surface area contributed by atoms with Gasteiger partial charge in [0.2, 0.25) is 0 Å². The van der Waals surface area contributed by atoms with Crippen molar-refractivity contribution in [1.29, 1.82) is 5.41 Å². The van der Waals surface area contributed by atoms with Gasteiger partial charge < -0.3 is 10.6 Å². The molecule has 3 nitrogen and oxygen atoms in total. The molecule has 0 heterocycles. The number of halogens is 2. The van der Waals surface area contributed by atoms with Crippen LogP contribution in [0.3, 0.4) is 0 Å². The molecule has 0 amide bonds. The molecule has 0 unspecified atom stereocenters. The molecule has 0 saturated heterocycles. The minimum atomic E-state index is -0.291. The van der Waals surface area contributed by atoms with E-state index in [9.17, 15) is 4.39 Å². The van der Waals surface area contributed by atoms with Crippen LogP contribution >= 0.6 is 15.9 Å². The van der Waals surface area contributed by atoms with Crippen molar-refractivity contribution in [3.8, 4) is 0 Å². The van der Waals surface area contributed by atoms with E-state index in [0.717, 1.165) is 15.8 Å². The SMILES string of the molecule is CCN(c1cccc(F)c1)c1cccc(Br)c1C(=N)N. The second-order valence-corrected chi connectivity index (χ2v) is 5.13. The van der Waals surface area contributed by atoms with Crippen LogP contribution in [0.25, 0.3) is 0 Å². The summed E-state index contributed by atoms with van der Waals surface area (Å²) < 4.78 is 14.2. The minimum absolute atomic E-state index is 0.0256. The maximum absolute atomic E-state index is 13.4. The van der Waals surface area contributed by atoms with Crippen molar-refractivity contribution in [3.63, 3.8) is 0 Å². The number of nitrogens with two attached hydrogens (primary N) is 1. The fraction of sp³-hybridized carbons (Fsp3) is 0.133. The van der Waals surface area contributed by atoms with Crippen molar-refractivity contribution in [2.75, 3.05) is 11.4 Å². The van der Waals surface area contributed by atoms with Crippen molar-refractivity contribution in [2.45, 2.75) is 6.92 Å². The van der Waals surface area contributed by atoms with Gasteiger partial charge >= 0.3 is 0 Å². The van der Waals surface area contributed by atoms with Gasteiger partial charge in [0.1, 0.15) is 11.7 Å². The van der Waals surface area contributed by atoms with Crippen molar-refractivity contribution in [1.82, 2.24) is 0 Å². The van der Waals surface area contributed by atoms with Crippen LogP contribution in [0.4, 0.5) is 15.8 Å². The molecule has 2 aromatic rings. The van der Waals surface area contributed by atoms with Gasteiger partial charge in [0, 0.05) is 16.7 Å². The molecule has 0 aromatic heterocycles. The summed E-state index contributed by atoms with van der Waals surface area (Å²) in [4.78, 5) is 1.92. The average molecular weight is 336 g/mol. The Morgan fingerprint density at radius 2 is 2.00 bits per heavy atom. The van der Waals surface area contributed by atoms with Gasteiger partial charge in [-0.2, -0.15) is 0 Å². The van der Waals surface area contributed by atoms with Crippen LogP contribution in [0.2, 0.25) is 0 Å². The van der Waals surface area contributed by atoms with E-state index >= 15 is 0 Å². The zero-order valence-electron chi connectivity index (χ0n) is 11.0. The molecule has 2 aromatic carbocycles. The summed E-state index contributed by atoms with van der Waals surface area (Å²) in [6, 6.07) is 11.9. The van der Waals surface area contributed by atoms with Crippen LogP contribution < -0.4 is 10.6 Å². The lowest BCUT2D eigenvalue weighted by Gasteiger charge is -2.26. The molecule has 0 aliphatic heterocycles. The Labute approximate surface area is 125 Å². The van der Waals surface area contributed by atoms with E-state index in [0.29, 0.717) is 12.1 Å². The third-order valence-corrected chi connectivity index (χ3v) is 3.65. The van der Waals surface area contributed by atoms with Crippen molar-refractivity contribution < 1.29 is 4.39 Å². The van der Waals surface area contributed by atoms with Crippen LogP contribution in [-0.4, -0.2) is 12.4 Å². The summed E-state index contributed by atoms with van der Waals surface area (Å²) in [6.07, 6.45) is 0. The zero-order valence-corrected chi connectivity index (χ0v) is 12.6. The first-order valence-corrected chi connectivity index (χ1v) is 7.00. The standard InChI is InChI=1S/C15H15BrFN3/c1-2-20(11-6-3-5-10(17)9-11)13-8-4-7-12(16)14(13)15(18)19/h3-9H,2H2,1H3,(H3,18,19). The van der Waals surface area contributed by atoms with Gasteiger partial charge in [-0.3, -0.25) is 5.41 Å². The van der Waals surface area contributed by atoms with Crippen molar-refractivity contribution in [3.05, 3.63) is 58.3 Å². The highest BCUT2D eigenvalue weighted by atomic mass is 79.9. The number of rotatable bonds is 4. The third kappa shape index (κ3) is 2.82. The molecule has 2 rings (SSSR count). The van der Waals surface area contributed by atoms with Gasteiger partial charge in [0.15, 0.2) is 0 Å². The summed E-state index contributed by atoms with van der Waals surface area (Å²) >= 11 is 3.41. The van der Waals surface area contributed by atoms with E-state index in [-0.39, 0.29) is 11.7 Å². The summed E-state index contributed by atoms with van der Waals surface area (Å²) in [6.45, 7) is 2.61. The molecule has 20 heavy (non-hydrogen) atoms. The first-order chi connectivity index (χ1) is 9.54. The molecular weight excluding hydrogens is 321 g/mol. The summed E-state index contributed by atoms with van der Waals surface area (Å²) in [5.41, 5.74) is 7.79. The average Bonchev–Trinajstić information content (AvgIpc) is 2.39. The van der Waals surface area contributed by atoms with Gasteiger partial charge in [-0.25, -0.2) is 4.39 Å². The number of anilines is 2. The van der Waals surface area contributed by atoms with E-state index in [2.05, 4.69) is 15.9 Å².